The van der Waals surface area contributed by atoms with Crippen molar-refractivity contribution >= 4 is 8.32 Å². The Bertz CT molecular complexity index is 192. The number of hydrogen-bond acceptors (Lipinski definition) is 2. The van der Waals surface area contributed by atoms with Crippen LogP contribution in [0, 0.1) is 0 Å². The summed E-state index contributed by atoms with van der Waals surface area (Å²) in [5.41, 5.74) is 1.35. The number of hydrogen-bond donors (Lipinski definition) is 0. The minimum atomic E-state index is -1.35. The lowest BCUT2D eigenvalue weighted by atomic mass is 10.3. The van der Waals surface area contributed by atoms with E-state index < -0.39 is 8.32 Å². The first-order valence-electron chi connectivity index (χ1n) is 5.91. The second-order valence-electron chi connectivity index (χ2n) is 4.94. The molecule has 15 heavy (non-hydrogen) atoms. The molecule has 0 aromatic rings. The van der Waals surface area contributed by atoms with Crippen molar-refractivity contribution in [2.24, 2.45) is 0 Å². The molecule has 0 amide bonds. The molecule has 90 valence electrons. The third-order valence-electron chi connectivity index (χ3n) is 2.33. The molecule has 0 aliphatic carbocycles. The fourth-order valence-electron chi connectivity index (χ4n) is 1.16. The molecule has 0 bridgehead atoms. The smallest absolute Gasteiger partial charge is 0.184 e. The predicted octanol–water partition coefficient (Wildman–Crippen LogP) is 3.13. The monoisotopic (exact) mass is 229 g/mol. The second-order valence-corrected chi connectivity index (χ2v) is 9.45. The molecule has 0 fully saturated rings. The number of nitrogens with zero attached hydrogens (tertiary/aromatic N) is 1. The van der Waals surface area contributed by atoms with Gasteiger partial charge in [-0.3, -0.25) is 0 Å². The molecular weight excluding hydrogens is 202 g/mol. The van der Waals surface area contributed by atoms with E-state index in [4.69, 9.17) is 4.43 Å². The summed E-state index contributed by atoms with van der Waals surface area (Å²) in [4.78, 5) is 2.40. The van der Waals surface area contributed by atoms with Crippen LogP contribution in [0.5, 0.6) is 0 Å². The molecule has 0 aliphatic rings. The van der Waals surface area contributed by atoms with E-state index in [9.17, 15) is 0 Å². The molecule has 2 nitrogen and oxygen atoms in total. The quantitative estimate of drug-likeness (QED) is 0.491. The van der Waals surface area contributed by atoms with Gasteiger partial charge in [-0.15, -0.1) is 0 Å². The van der Waals surface area contributed by atoms with Gasteiger partial charge in [-0.05, 0) is 39.7 Å². The highest BCUT2D eigenvalue weighted by Crippen LogP contribution is 2.05. The first-order valence-corrected chi connectivity index (χ1v) is 9.31. The summed E-state index contributed by atoms with van der Waals surface area (Å²) in [7, 11) is -1.35. The fourth-order valence-corrected chi connectivity index (χ4v) is 1.82. The summed E-state index contributed by atoms with van der Waals surface area (Å²) in [5.74, 6) is 0. The van der Waals surface area contributed by atoms with Gasteiger partial charge in [0.25, 0.3) is 0 Å². The molecule has 0 aliphatic heterocycles. The van der Waals surface area contributed by atoms with Crippen molar-refractivity contribution in [3.8, 4) is 0 Å². The summed E-state index contributed by atoms with van der Waals surface area (Å²) in [6.45, 7) is 17.3. The van der Waals surface area contributed by atoms with Crippen molar-refractivity contribution in [2.75, 3.05) is 26.2 Å². The van der Waals surface area contributed by atoms with E-state index in [1.54, 1.807) is 0 Å². The zero-order chi connectivity index (χ0) is 11.9. The lowest BCUT2D eigenvalue weighted by Crippen LogP contribution is -2.26. The summed E-state index contributed by atoms with van der Waals surface area (Å²) in [6.07, 6.45) is 2.28. The van der Waals surface area contributed by atoms with Crippen LogP contribution in [0.15, 0.2) is 11.6 Å². The van der Waals surface area contributed by atoms with E-state index in [1.165, 1.54) is 5.57 Å². The Balaban J connectivity index is 3.88. The lowest BCUT2D eigenvalue weighted by molar-refractivity contribution is 0.328. The SMILES string of the molecule is CCN(CC)CC=C(C)CO[Si](C)(C)C. The van der Waals surface area contributed by atoms with Gasteiger partial charge >= 0.3 is 0 Å². The first kappa shape index (κ1) is 14.9. The Labute approximate surface area is 96.4 Å². The molecule has 0 spiro atoms. The maximum atomic E-state index is 5.84. The largest absolute Gasteiger partial charge is 0.414 e. The van der Waals surface area contributed by atoms with Crippen molar-refractivity contribution in [3.05, 3.63) is 11.6 Å². The predicted molar refractivity (Wildman–Crippen MR) is 70.8 cm³/mol. The minimum Gasteiger partial charge on any atom is -0.414 e. The van der Waals surface area contributed by atoms with E-state index in [-0.39, 0.29) is 0 Å². The topological polar surface area (TPSA) is 12.5 Å². The van der Waals surface area contributed by atoms with E-state index in [0.717, 1.165) is 26.2 Å². The molecule has 0 aromatic heterocycles. The molecule has 0 heterocycles. The molecule has 0 aromatic carbocycles. The highest BCUT2D eigenvalue weighted by molar-refractivity contribution is 6.69. The van der Waals surface area contributed by atoms with Crippen LogP contribution in [0.25, 0.3) is 0 Å². The summed E-state index contributed by atoms with van der Waals surface area (Å²) in [6, 6.07) is 0. The van der Waals surface area contributed by atoms with Gasteiger partial charge in [0.1, 0.15) is 0 Å². The fraction of sp³-hybridized carbons (Fsp3) is 0.833. The molecule has 3 heteroatoms. The summed E-state index contributed by atoms with van der Waals surface area (Å²) >= 11 is 0. The molecule has 0 unspecified atom stereocenters. The van der Waals surface area contributed by atoms with Gasteiger partial charge in [0.05, 0.1) is 6.61 Å². The Morgan fingerprint density at radius 2 is 1.73 bits per heavy atom. The Morgan fingerprint density at radius 1 is 1.20 bits per heavy atom. The van der Waals surface area contributed by atoms with Gasteiger partial charge in [-0.2, -0.15) is 0 Å². The zero-order valence-electron chi connectivity index (χ0n) is 11.3. The van der Waals surface area contributed by atoms with Gasteiger partial charge < -0.3 is 9.33 Å². The van der Waals surface area contributed by atoms with Crippen LogP contribution in [0.2, 0.25) is 19.6 Å². The highest BCUT2D eigenvalue weighted by atomic mass is 28.4. The van der Waals surface area contributed by atoms with Crippen molar-refractivity contribution in [3.63, 3.8) is 0 Å². The van der Waals surface area contributed by atoms with E-state index in [0.29, 0.717) is 0 Å². The van der Waals surface area contributed by atoms with Crippen LogP contribution in [0.1, 0.15) is 20.8 Å². The molecule has 0 N–H and O–H groups in total. The van der Waals surface area contributed by atoms with E-state index in [2.05, 4.69) is 51.4 Å². The maximum Gasteiger partial charge on any atom is 0.184 e. The Kier molecular flexibility index (Phi) is 7.14. The van der Waals surface area contributed by atoms with Crippen LogP contribution in [-0.4, -0.2) is 39.5 Å². The average molecular weight is 229 g/mol. The molecule has 0 rings (SSSR count). The van der Waals surface area contributed by atoms with Gasteiger partial charge in [0.2, 0.25) is 0 Å². The first-order chi connectivity index (χ1) is 6.89. The Hall–Kier alpha value is -0.123. The molecule has 0 saturated heterocycles. The molecule has 0 atom stereocenters. The molecule has 0 saturated carbocycles. The zero-order valence-corrected chi connectivity index (χ0v) is 12.3. The average Bonchev–Trinajstić information content (AvgIpc) is 2.15. The normalized spacial score (nSPS) is 13.7. The van der Waals surface area contributed by atoms with Gasteiger partial charge in [0, 0.05) is 6.54 Å². The van der Waals surface area contributed by atoms with Crippen LogP contribution in [0.3, 0.4) is 0 Å². The third-order valence-corrected chi connectivity index (χ3v) is 3.34. The highest BCUT2D eigenvalue weighted by Gasteiger charge is 2.13. The van der Waals surface area contributed by atoms with Crippen molar-refractivity contribution in [2.45, 2.75) is 40.4 Å². The number of likely N-dealkylation sites (N-methyl/N-ethyl adjacent to an activating group) is 1. The maximum absolute atomic E-state index is 5.84. The van der Waals surface area contributed by atoms with Crippen molar-refractivity contribution < 1.29 is 4.43 Å². The lowest BCUT2D eigenvalue weighted by Gasteiger charge is -2.19. The molecular formula is C12H27NOSi. The Morgan fingerprint density at radius 3 is 2.13 bits per heavy atom. The third kappa shape index (κ3) is 8.84. The van der Waals surface area contributed by atoms with Crippen molar-refractivity contribution in [1.29, 1.82) is 0 Å². The standard InChI is InChI=1S/C12H27NOSi/c1-7-13(8-2)10-9-12(3)11-14-15(4,5)6/h9H,7-8,10-11H2,1-6H3. The van der Waals surface area contributed by atoms with Gasteiger partial charge in [0.15, 0.2) is 8.32 Å². The molecule has 0 radical (unpaired) electrons. The van der Waals surface area contributed by atoms with Crippen LogP contribution in [-0.2, 0) is 4.43 Å². The van der Waals surface area contributed by atoms with Gasteiger partial charge in [-0.25, -0.2) is 0 Å². The number of rotatable bonds is 7. The van der Waals surface area contributed by atoms with Gasteiger partial charge in [-0.1, -0.05) is 25.5 Å². The van der Waals surface area contributed by atoms with Crippen LogP contribution < -0.4 is 0 Å². The second kappa shape index (κ2) is 7.20. The van der Waals surface area contributed by atoms with E-state index >= 15 is 0 Å². The summed E-state index contributed by atoms with van der Waals surface area (Å²) < 4.78 is 5.84. The minimum absolute atomic E-state index is 0.803. The van der Waals surface area contributed by atoms with E-state index in [1.807, 2.05) is 0 Å². The van der Waals surface area contributed by atoms with Crippen LogP contribution >= 0.6 is 0 Å². The van der Waals surface area contributed by atoms with Crippen LogP contribution in [0.4, 0.5) is 0 Å². The van der Waals surface area contributed by atoms with Crippen molar-refractivity contribution in [1.82, 2.24) is 4.90 Å². The summed E-state index contributed by atoms with van der Waals surface area (Å²) in [5, 5.41) is 0.